The van der Waals surface area contributed by atoms with Gasteiger partial charge in [0, 0.05) is 26.8 Å². The van der Waals surface area contributed by atoms with Crippen molar-refractivity contribution in [2.75, 3.05) is 26.8 Å². The molecule has 2 N–H and O–H groups in total. The van der Waals surface area contributed by atoms with Crippen molar-refractivity contribution in [1.29, 1.82) is 0 Å². The van der Waals surface area contributed by atoms with Crippen LogP contribution in [-0.4, -0.2) is 32.8 Å². The first-order valence-electron chi connectivity index (χ1n) is 9.08. The minimum absolute atomic E-state index is 0. The summed E-state index contributed by atoms with van der Waals surface area (Å²) in [6.45, 7) is 5.68. The van der Waals surface area contributed by atoms with Crippen molar-refractivity contribution in [1.82, 2.24) is 10.6 Å². The quantitative estimate of drug-likeness (QED) is 0.233. The lowest BCUT2D eigenvalue weighted by molar-refractivity contribution is 0.195. The van der Waals surface area contributed by atoms with Gasteiger partial charge in [0.25, 0.3) is 0 Å². The highest BCUT2D eigenvalue weighted by Gasteiger charge is 1.99. The van der Waals surface area contributed by atoms with E-state index in [4.69, 9.17) is 9.47 Å². The predicted octanol–water partition coefficient (Wildman–Crippen LogP) is 3.98. The Labute approximate surface area is 179 Å². The lowest BCUT2D eigenvalue weighted by Gasteiger charge is -2.11. The van der Waals surface area contributed by atoms with Crippen molar-refractivity contribution in [3.05, 3.63) is 65.7 Å². The number of hydrogen-bond acceptors (Lipinski definition) is 3. The third kappa shape index (κ3) is 9.63. The highest BCUT2D eigenvalue weighted by atomic mass is 127. The maximum Gasteiger partial charge on any atom is 0.191 e. The summed E-state index contributed by atoms with van der Waals surface area (Å²) < 4.78 is 10.9. The number of nitrogens with zero attached hydrogens (tertiary/aromatic N) is 1. The standard InChI is InChI=1S/C21H29N3O2.HI/c1-3-22-21(23-14-7-15-25-2)24-16-18-10-12-20(13-11-18)26-17-19-8-5-4-6-9-19;/h4-6,8-13H,3,7,14-17H2,1-2H3,(H2,22,23,24);1H. The summed E-state index contributed by atoms with van der Waals surface area (Å²) in [5, 5.41) is 6.56. The molecular weight excluding hydrogens is 453 g/mol. The number of benzene rings is 2. The highest BCUT2D eigenvalue weighted by Crippen LogP contribution is 2.14. The maximum atomic E-state index is 5.81. The van der Waals surface area contributed by atoms with Gasteiger partial charge in [0.05, 0.1) is 6.54 Å². The monoisotopic (exact) mass is 483 g/mol. The smallest absolute Gasteiger partial charge is 0.191 e. The predicted molar refractivity (Wildman–Crippen MR) is 122 cm³/mol. The van der Waals surface area contributed by atoms with E-state index in [9.17, 15) is 0 Å². The molecule has 0 spiro atoms. The molecule has 0 radical (unpaired) electrons. The average molecular weight is 483 g/mol. The number of rotatable bonds is 10. The second kappa shape index (κ2) is 14.3. The van der Waals surface area contributed by atoms with E-state index in [2.05, 4.69) is 46.8 Å². The molecule has 5 nitrogen and oxygen atoms in total. The van der Waals surface area contributed by atoms with Crippen LogP contribution in [0.2, 0.25) is 0 Å². The SMILES string of the molecule is CCNC(=NCc1ccc(OCc2ccccc2)cc1)NCCCOC.I. The van der Waals surface area contributed by atoms with Gasteiger partial charge in [-0.15, -0.1) is 24.0 Å². The first-order chi connectivity index (χ1) is 12.8. The first-order valence-corrected chi connectivity index (χ1v) is 9.08. The van der Waals surface area contributed by atoms with E-state index >= 15 is 0 Å². The molecule has 0 aromatic heterocycles. The summed E-state index contributed by atoms with van der Waals surface area (Å²) in [6.07, 6.45) is 0.953. The highest BCUT2D eigenvalue weighted by molar-refractivity contribution is 14.0. The minimum atomic E-state index is 0. The van der Waals surface area contributed by atoms with Crippen LogP contribution in [0.1, 0.15) is 24.5 Å². The fourth-order valence-corrected chi connectivity index (χ4v) is 2.37. The van der Waals surface area contributed by atoms with Crippen molar-refractivity contribution < 1.29 is 9.47 Å². The Bertz CT molecular complexity index is 648. The second-order valence-electron chi connectivity index (χ2n) is 5.89. The lowest BCUT2D eigenvalue weighted by Crippen LogP contribution is -2.38. The zero-order valence-electron chi connectivity index (χ0n) is 16.1. The van der Waals surface area contributed by atoms with E-state index in [1.165, 1.54) is 0 Å². The van der Waals surface area contributed by atoms with Crippen LogP contribution in [0.4, 0.5) is 0 Å². The molecule has 0 atom stereocenters. The van der Waals surface area contributed by atoms with Crippen LogP contribution < -0.4 is 15.4 Å². The topological polar surface area (TPSA) is 54.9 Å². The summed E-state index contributed by atoms with van der Waals surface area (Å²) >= 11 is 0. The Kier molecular flexibility index (Phi) is 12.3. The Morgan fingerprint density at radius 3 is 2.37 bits per heavy atom. The zero-order chi connectivity index (χ0) is 18.5. The van der Waals surface area contributed by atoms with Gasteiger partial charge in [-0.1, -0.05) is 42.5 Å². The van der Waals surface area contributed by atoms with Gasteiger partial charge in [-0.25, -0.2) is 4.99 Å². The van der Waals surface area contributed by atoms with Crippen molar-refractivity contribution >= 4 is 29.9 Å². The third-order valence-corrected chi connectivity index (χ3v) is 3.75. The van der Waals surface area contributed by atoms with E-state index in [1.807, 2.05) is 30.3 Å². The molecule has 0 bridgehead atoms. The maximum absolute atomic E-state index is 5.81. The molecule has 6 heteroatoms. The van der Waals surface area contributed by atoms with Gasteiger partial charge in [0.2, 0.25) is 0 Å². The molecule has 0 aliphatic carbocycles. The number of nitrogens with one attached hydrogen (secondary N) is 2. The van der Waals surface area contributed by atoms with Crippen LogP contribution in [0, 0.1) is 0 Å². The number of methoxy groups -OCH3 is 1. The Morgan fingerprint density at radius 1 is 0.963 bits per heavy atom. The minimum Gasteiger partial charge on any atom is -0.489 e. The average Bonchev–Trinajstić information content (AvgIpc) is 2.69. The van der Waals surface area contributed by atoms with Crippen LogP contribution >= 0.6 is 24.0 Å². The van der Waals surface area contributed by atoms with Gasteiger partial charge in [-0.3, -0.25) is 0 Å². The van der Waals surface area contributed by atoms with Crippen molar-refractivity contribution in [2.45, 2.75) is 26.5 Å². The van der Waals surface area contributed by atoms with E-state index in [0.29, 0.717) is 13.2 Å². The zero-order valence-corrected chi connectivity index (χ0v) is 18.4. The molecule has 0 aliphatic rings. The van der Waals surface area contributed by atoms with Gasteiger partial charge in [0.1, 0.15) is 12.4 Å². The number of aliphatic imine (C=N–C) groups is 1. The Morgan fingerprint density at radius 2 is 1.70 bits per heavy atom. The second-order valence-corrected chi connectivity index (χ2v) is 5.89. The fraction of sp³-hybridized carbons (Fsp3) is 0.381. The van der Waals surface area contributed by atoms with Crippen LogP contribution in [0.25, 0.3) is 0 Å². The molecular formula is C21H30IN3O2. The number of halogens is 1. The normalized spacial score (nSPS) is 10.8. The summed E-state index contributed by atoms with van der Waals surface area (Å²) in [5.74, 6) is 1.69. The van der Waals surface area contributed by atoms with Crippen molar-refractivity contribution in [2.24, 2.45) is 4.99 Å². The number of guanidine groups is 1. The molecule has 0 saturated carbocycles. The molecule has 148 valence electrons. The van der Waals surface area contributed by atoms with Gasteiger partial charge in [-0.05, 0) is 36.6 Å². The van der Waals surface area contributed by atoms with E-state index < -0.39 is 0 Å². The first kappa shape index (κ1) is 23.2. The summed E-state index contributed by atoms with van der Waals surface area (Å²) in [5.41, 5.74) is 2.31. The summed E-state index contributed by atoms with van der Waals surface area (Å²) in [6, 6.07) is 18.3. The summed E-state index contributed by atoms with van der Waals surface area (Å²) in [7, 11) is 1.71. The Hall–Kier alpha value is -1.80. The molecule has 0 unspecified atom stereocenters. The van der Waals surface area contributed by atoms with Crippen molar-refractivity contribution in [3.8, 4) is 5.75 Å². The summed E-state index contributed by atoms with van der Waals surface area (Å²) in [4.78, 5) is 4.62. The molecule has 2 aromatic carbocycles. The molecule has 0 saturated heterocycles. The molecule has 27 heavy (non-hydrogen) atoms. The van der Waals surface area contributed by atoms with E-state index in [1.54, 1.807) is 7.11 Å². The van der Waals surface area contributed by atoms with Gasteiger partial charge in [0.15, 0.2) is 5.96 Å². The largest absolute Gasteiger partial charge is 0.489 e. The van der Waals surface area contributed by atoms with E-state index in [-0.39, 0.29) is 24.0 Å². The van der Waals surface area contributed by atoms with Gasteiger partial charge in [-0.2, -0.15) is 0 Å². The number of ether oxygens (including phenoxy) is 2. The molecule has 2 rings (SSSR count). The third-order valence-electron chi connectivity index (χ3n) is 3.75. The molecule has 0 aliphatic heterocycles. The van der Waals surface area contributed by atoms with Gasteiger partial charge < -0.3 is 20.1 Å². The van der Waals surface area contributed by atoms with Gasteiger partial charge >= 0.3 is 0 Å². The number of hydrogen-bond donors (Lipinski definition) is 2. The molecule has 0 amide bonds. The molecule has 2 aromatic rings. The Balaban J connectivity index is 0.00000364. The van der Waals surface area contributed by atoms with Crippen LogP contribution in [0.15, 0.2) is 59.6 Å². The molecule has 0 fully saturated rings. The van der Waals surface area contributed by atoms with Crippen molar-refractivity contribution in [3.63, 3.8) is 0 Å². The lowest BCUT2D eigenvalue weighted by atomic mass is 10.2. The van der Waals surface area contributed by atoms with Crippen LogP contribution in [0.3, 0.4) is 0 Å². The molecule has 0 heterocycles. The fourth-order valence-electron chi connectivity index (χ4n) is 2.37. The van der Waals surface area contributed by atoms with Crippen LogP contribution in [0.5, 0.6) is 5.75 Å². The van der Waals surface area contributed by atoms with E-state index in [0.717, 1.165) is 49.0 Å². The van der Waals surface area contributed by atoms with Crippen LogP contribution in [-0.2, 0) is 17.9 Å².